The van der Waals surface area contributed by atoms with E-state index in [0.717, 1.165) is 11.1 Å². The zero-order valence-electron chi connectivity index (χ0n) is 12.7. The average Bonchev–Trinajstić information content (AvgIpc) is 3.04. The first-order valence-corrected chi connectivity index (χ1v) is 6.84. The molecule has 0 fully saturated rings. The van der Waals surface area contributed by atoms with Crippen molar-refractivity contribution in [3.63, 3.8) is 0 Å². The molecule has 0 saturated carbocycles. The Morgan fingerprint density at radius 2 is 1.73 bits per heavy atom. The Morgan fingerprint density at radius 1 is 0.955 bits per heavy atom. The third kappa shape index (κ3) is 2.65. The molecule has 0 spiro atoms. The van der Waals surface area contributed by atoms with E-state index < -0.39 is 0 Å². The van der Waals surface area contributed by atoms with Crippen LogP contribution in [-0.2, 0) is 0 Å². The van der Waals surface area contributed by atoms with Gasteiger partial charge in [-0.15, -0.1) is 0 Å². The van der Waals surface area contributed by atoms with Gasteiger partial charge >= 0.3 is 0 Å². The lowest BCUT2D eigenvalue weighted by molar-refractivity contribution is 0.391. The fraction of sp³-hybridized carbons (Fsp3) is 0.176. The van der Waals surface area contributed by atoms with Crippen molar-refractivity contribution in [2.45, 2.75) is 6.92 Å². The van der Waals surface area contributed by atoms with Crippen molar-refractivity contribution in [2.75, 3.05) is 14.2 Å². The molecular weight excluding hydrogens is 280 g/mol. The van der Waals surface area contributed by atoms with Crippen LogP contribution in [0.2, 0.25) is 0 Å². The maximum atomic E-state index is 5.37. The van der Waals surface area contributed by atoms with Gasteiger partial charge in [0.2, 0.25) is 5.82 Å². The fourth-order valence-corrected chi connectivity index (χ4v) is 2.13. The van der Waals surface area contributed by atoms with Crippen LogP contribution < -0.4 is 9.47 Å². The first-order valence-electron chi connectivity index (χ1n) is 6.84. The van der Waals surface area contributed by atoms with Crippen LogP contribution in [0.5, 0.6) is 11.5 Å². The van der Waals surface area contributed by atoms with Crippen molar-refractivity contribution in [3.8, 4) is 34.3 Å². The summed E-state index contributed by atoms with van der Waals surface area (Å²) in [5.41, 5.74) is 2.83. The molecule has 5 nitrogen and oxygen atoms in total. The highest BCUT2D eigenvalue weighted by Crippen LogP contribution is 2.33. The van der Waals surface area contributed by atoms with Gasteiger partial charge in [0.25, 0.3) is 5.89 Å². The average molecular weight is 296 g/mol. The van der Waals surface area contributed by atoms with Gasteiger partial charge in [0, 0.05) is 11.6 Å². The van der Waals surface area contributed by atoms with Crippen molar-refractivity contribution in [3.05, 3.63) is 48.0 Å². The number of hydrogen-bond donors (Lipinski definition) is 0. The van der Waals surface area contributed by atoms with Crippen molar-refractivity contribution < 1.29 is 14.0 Å². The molecular formula is C17H16N2O3. The zero-order valence-corrected chi connectivity index (χ0v) is 12.7. The van der Waals surface area contributed by atoms with Crippen molar-refractivity contribution in [1.29, 1.82) is 0 Å². The fourth-order valence-electron chi connectivity index (χ4n) is 2.13. The quantitative estimate of drug-likeness (QED) is 0.734. The van der Waals surface area contributed by atoms with E-state index in [0.29, 0.717) is 23.2 Å². The minimum Gasteiger partial charge on any atom is -0.497 e. The number of nitrogens with zero attached hydrogens (tertiary/aromatic N) is 2. The lowest BCUT2D eigenvalue weighted by Gasteiger charge is -2.06. The van der Waals surface area contributed by atoms with E-state index in [2.05, 4.69) is 10.1 Å². The van der Waals surface area contributed by atoms with Crippen LogP contribution in [0.1, 0.15) is 5.56 Å². The zero-order chi connectivity index (χ0) is 15.5. The predicted octanol–water partition coefficient (Wildman–Crippen LogP) is 3.73. The van der Waals surface area contributed by atoms with Crippen LogP contribution in [0.25, 0.3) is 22.8 Å². The molecule has 0 radical (unpaired) electrons. The second kappa shape index (κ2) is 5.89. The summed E-state index contributed by atoms with van der Waals surface area (Å²) in [4.78, 5) is 4.45. The van der Waals surface area contributed by atoms with Crippen LogP contribution >= 0.6 is 0 Å². The first-order chi connectivity index (χ1) is 10.7. The number of methoxy groups -OCH3 is 2. The molecule has 5 heteroatoms. The van der Waals surface area contributed by atoms with Crippen LogP contribution in [0.3, 0.4) is 0 Å². The monoisotopic (exact) mass is 296 g/mol. The van der Waals surface area contributed by atoms with E-state index in [1.54, 1.807) is 20.3 Å². The third-order valence-electron chi connectivity index (χ3n) is 3.37. The molecule has 0 bridgehead atoms. The Labute approximate surface area is 128 Å². The molecule has 0 amide bonds. The molecule has 0 aliphatic carbocycles. The van der Waals surface area contributed by atoms with Gasteiger partial charge in [-0.1, -0.05) is 35.0 Å². The van der Waals surface area contributed by atoms with Gasteiger partial charge in [-0.05, 0) is 19.1 Å². The largest absolute Gasteiger partial charge is 0.497 e. The summed E-state index contributed by atoms with van der Waals surface area (Å²) in [5, 5.41) is 4.04. The van der Waals surface area contributed by atoms with E-state index in [-0.39, 0.29) is 0 Å². The first kappa shape index (κ1) is 14.1. The maximum absolute atomic E-state index is 5.37. The van der Waals surface area contributed by atoms with E-state index in [9.17, 15) is 0 Å². The van der Waals surface area contributed by atoms with Gasteiger partial charge in [0.05, 0.1) is 19.8 Å². The molecule has 112 valence electrons. The second-order valence-electron chi connectivity index (χ2n) is 4.86. The minimum absolute atomic E-state index is 0.412. The highest BCUT2D eigenvalue weighted by atomic mass is 16.5. The highest BCUT2D eigenvalue weighted by molar-refractivity contribution is 5.66. The molecule has 0 unspecified atom stereocenters. The van der Waals surface area contributed by atoms with E-state index in [1.165, 1.54) is 5.56 Å². The van der Waals surface area contributed by atoms with Gasteiger partial charge in [0.1, 0.15) is 11.5 Å². The van der Waals surface area contributed by atoms with Crippen molar-refractivity contribution in [1.82, 2.24) is 10.1 Å². The minimum atomic E-state index is 0.412. The molecule has 1 heterocycles. The Morgan fingerprint density at radius 3 is 2.41 bits per heavy atom. The smallest absolute Gasteiger partial charge is 0.262 e. The molecule has 0 aliphatic heterocycles. The lowest BCUT2D eigenvalue weighted by atomic mass is 10.1. The molecule has 2 aromatic carbocycles. The Bertz CT molecular complexity index is 779. The standard InChI is InChI=1S/C17H16N2O3/c1-11-4-6-12(7-5-11)16-18-17(22-19-16)14-9-8-13(20-2)10-15(14)21-3/h4-10H,1-3H3. The Balaban J connectivity index is 1.98. The molecule has 3 aromatic rings. The summed E-state index contributed by atoms with van der Waals surface area (Å²) >= 11 is 0. The summed E-state index contributed by atoms with van der Waals surface area (Å²) in [5.74, 6) is 2.29. The van der Waals surface area contributed by atoms with Crippen LogP contribution in [0.15, 0.2) is 47.0 Å². The number of ether oxygens (including phenoxy) is 2. The molecule has 0 saturated heterocycles. The molecule has 1 aromatic heterocycles. The third-order valence-corrected chi connectivity index (χ3v) is 3.37. The number of rotatable bonds is 4. The van der Waals surface area contributed by atoms with Crippen LogP contribution in [-0.4, -0.2) is 24.4 Å². The Kier molecular flexibility index (Phi) is 3.78. The number of aromatic nitrogens is 2. The SMILES string of the molecule is COc1ccc(-c2nc(-c3ccc(C)cc3)no2)c(OC)c1. The van der Waals surface area contributed by atoms with Gasteiger partial charge < -0.3 is 14.0 Å². The van der Waals surface area contributed by atoms with Crippen LogP contribution in [0, 0.1) is 6.92 Å². The second-order valence-corrected chi connectivity index (χ2v) is 4.86. The van der Waals surface area contributed by atoms with Gasteiger partial charge in [-0.25, -0.2) is 0 Å². The molecule has 0 aliphatic rings. The summed E-state index contributed by atoms with van der Waals surface area (Å²) in [7, 11) is 3.20. The maximum Gasteiger partial charge on any atom is 0.262 e. The molecule has 3 rings (SSSR count). The lowest BCUT2D eigenvalue weighted by Crippen LogP contribution is -1.90. The Hall–Kier alpha value is -2.82. The molecule has 0 atom stereocenters. The number of hydrogen-bond acceptors (Lipinski definition) is 5. The van der Waals surface area contributed by atoms with Crippen molar-refractivity contribution in [2.24, 2.45) is 0 Å². The molecule has 22 heavy (non-hydrogen) atoms. The van der Waals surface area contributed by atoms with E-state index in [1.807, 2.05) is 43.3 Å². The highest BCUT2D eigenvalue weighted by Gasteiger charge is 2.15. The summed E-state index contributed by atoms with van der Waals surface area (Å²) in [6.45, 7) is 2.04. The number of benzene rings is 2. The molecule has 0 N–H and O–H groups in total. The van der Waals surface area contributed by atoms with Gasteiger partial charge in [-0.3, -0.25) is 0 Å². The van der Waals surface area contributed by atoms with Crippen LogP contribution in [0.4, 0.5) is 0 Å². The summed E-state index contributed by atoms with van der Waals surface area (Å²) in [6, 6.07) is 13.4. The normalized spacial score (nSPS) is 10.5. The number of aryl methyl sites for hydroxylation is 1. The van der Waals surface area contributed by atoms with E-state index in [4.69, 9.17) is 14.0 Å². The summed E-state index contributed by atoms with van der Waals surface area (Å²) in [6.07, 6.45) is 0. The van der Waals surface area contributed by atoms with Gasteiger partial charge in [-0.2, -0.15) is 4.98 Å². The van der Waals surface area contributed by atoms with Gasteiger partial charge in [0.15, 0.2) is 0 Å². The topological polar surface area (TPSA) is 57.4 Å². The predicted molar refractivity (Wildman–Crippen MR) is 83.0 cm³/mol. The summed E-state index contributed by atoms with van der Waals surface area (Å²) < 4.78 is 15.9. The van der Waals surface area contributed by atoms with E-state index >= 15 is 0 Å². The van der Waals surface area contributed by atoms with Crippen molar-refractivity contribution >= 4 is 0 Å².